The van der Waals surface area contributed by atoms with Crippen LogP contribution in [0, 0.1) is 5.92 Å². The van der Waals surface area contributed by atoms with Crippen LogP contribution >= 0.6 is 0 Å². The molecule has 2 aliphatic heterocycles. The van der Waals surface area contributed by atoms with E-state index in [9.17, 15) is 9.90 Å². The Bertz CT molecular complexity index is 529. The summed E-state index contributed by atoms with van der Waals surface area (Å²) in [4.78, 5) is 19.0. The van der Waals surface area contributed by atoms with E-state index >= 15 is 0 Å². The molecule has 0 aliphatic carbocycles. The van der Waals surface area contributed by atoms with E-state index in [0.29, 0.717) is 19.0 Å². The zero-order valence-corrected chi connectivity index (χ0v) is 14.6. The van der Waals surface area contributed by atoms with Crippen LogP contribution in [0.15, 0.2) is 30.3 Å². The average molecular weight is 331 g/mol. The van der Waals surface area contributed by atoms with Crippen molar-refractivity contribution in [3.8, 4) is 0 Å². The number of aliphatic hydroxyl groups excluding tert-OH is 1. The third-order valence-corrected chi connectivity index (χ3v) is 5.34. The number of nitrogens with zero attached hydrogens (tertiary/aromatic N) is 3. The maximum atomic E-state index is 12.5. The molecule has 2 fully saturated rings. The molecule has 2 unspecified atom stereocenters. The van der Waals surface area contributed by atoms with E-state index in [1.165, 1.54) is 5.56 Å². The number of carbonyl (C=O) groups excluding carboxylic acids is 1. The van der Waals surface area contributed by atoms with E-state index in [1.807, 2.05) is 11.0 Å². The maximum Gasteiger partial charge on any atom is 0.236 e. The van der Waals surface area contributed by atoms with Crippen LogP contribution in [0.3, 0.4) is 0 Å². The Hall–Kier alpha value is -1.43. The molecule has 5 nitrogen and oxygen atoms in total. The molecule has 5 heteroatoms. The molecule has 1 aromatic carbocycles. The molecule has 0 radical (unpaired) electrons. The summed E-state index contributed by atoms with van der Waals surface area (Å²) < 4.78 is 0. The lowest BCUT2D eigenvalue weighted by atomic mass is 9.96. The van der Waals surface area contributed by atoms with Gasteiger partial charge in [0, 0.05) is 39.3 Å². The van der Waals surface area contributed by atoms with E-state index in [0.717, 1.165) is 45.7 Å². The van der Waals surface area contributed by atoms with Crippen molar-refractivity contribution in [1.82, 2.24) is 14.7 Å². The lowest BCUT2D eigenvalue weighted by molar-refractivity contribution is -0.135. The lowest BCUT2D eigenvalue weighted by Gasteiger charge is -2.38. The van der Waals surface area contributed by atoms with E-state index in [2.05, 4.69) is 41.0 Å². The van der Waals surface area contributed by atoms with Gasteiger partial charge in [0.25, 0.3) is 0 Å². The Morgan fingerprint density at radius 3 is 2.46 bits per heavy atom. The Morgan fingerprint density at radius 2 is 1.79 bits per heavy atom. The van der Waals surface area contributed by atoms with Crippen LogP contribution in [0.25, 0.3) is 0 Å². The van der Waals surface area contributed by atoms with E-state index in [4.69, 9.17) is 0 Å². The van der Waals surface area contributed by atoms with Gasteiger partial charge in [-0.3, -0.25) is 14.6 Å². The van der Waals surface area contributed by atoms with Crippen LogP contribution in [0.1, 0.15) is 18.9 Å². The van der Waals surface area contributed by atoms with Crippen molar-refractivity contribution in [1.29, 1.82) is 0 Å². The number of hydrogen-bond donors (Lipinski definition) is 1. The number of likely N-dealkylation sites (tertiary alicyclic amines) is 1. The minimum Gasteiger partial charge on any atom is -0.392 e. The van der Waals surface area contributed by atoms with E-state index in [-0.39, 0.29) is 12.0 Å². The molecule has 2 saturated heterocycles. The first-order valence-electron chi connectivity index (χ1n) is 9.06. The predicted molar refractivity (Wildman–Crippen MR) is 94.5 cm³/mol. The van der Waals surface area contributed by atoms with Crippen LogP contribution in [-0.4, -0.2) is 77.6 Å². The van der Waals surface area contributed by atoms with Crippen molar-refractivity contribution in [3.05, 3.63) is 35.9 Å². The molecule has 0 saturated carbocycles. The second-order valence-corrected chi connectivity index (χ2v) is 7.21. The molecule has 2 atom stereocenters. The summed E-state index contributed by atoms with van der Waals surface area (Å²) in [5.74, 6) is 0.550. The molecule has 24 heavy (non-hydrogen) atoms. The van der Waals surface area contributed by atoms with Gasteiger partial charge in [0.2, 0.25) is 5.91 Å². The van der Waals surface area contributed by atoms with Gasteiger partial charge in [-0.2, -0.15) is 0 Å². The van der Waals surface area contributed by atoms with Gasteiger partial charge in [0.1, 0.15) is 0 Å². The topological polar surface area (TPSA) is 47.0 Å². The Balaban J connectivity index is 1.42. The lowest BCUT2D eigenvalue weighted by Crippen LogP contribution is -2.52. The van der Waals surface area contributed by atoms with E-state index < -0.39 is 0 Å². The summed E-state index contributed by atoms with van der Waals surface area (Å²) in [5, 5.41) is 9.97. The average Bonchev–Trinajstić information content (AvgIpc) is 2.60. The first kappa shape index (κ1) is 17.4. The summed E-state index contributed by atoms with van der Waals surface area (Å²) >= 11 is 0. The first-order chi connectivity index (χ1) is 11.6. The van der Waals surface area contributed by atoms with Crippen molar-refractivity contribution in [2.45, 2.75) is 26.0 Å². The summed E-state index contributed by atoms with van der Waals surface area (Å²) in [7, 11) is 0. The summed E-state index contributed by atoms with van der Waals surface area (Å²) in [6.45, 7) is 8.49. The molecule has 2 aliphatic rings. The number of piperidine rings is 1. The number of rotatable bonds is 4. The highest BCUT2D eigenvalue weighted by Gasteiger charge is 2.28. The third-order valence-electron chi connectivity index (χ3n) is 5.34. The fourth-order valence-corrected chi connectivity index (χ4v) is 3.55. The number of piperazine rings is 1. The van der Waals surface area contributed by atoms with Gasteiger partial charge in [-0.25, -0.2) is 0 Å². The number of β-amino-alcohol motifs (C(OH)–C–C–N with tert-alkyl or cyclic N) is 1. The van der Waals surface area contributed by atoms with Crippen molar-refractivity contribution < 1.29 is 9.90 Å². The van der Waals surface area contributed by atoms with E-state index in [1.54, 1.807) is 0 Å². The number of carbonyl (C=O) groups is 1. The summed E-state index contributed by atoms with van der Waals surface area (Å²) in [6, 6.07) is 10.5. The van der Waals surface area contributed by atoms with Crippen molar-refractivity contribution in [2.75, 3.05) is 45.8 Å². The zero-order chi connectivity index (χ0) is 16.9. The van der Waals surface area contributed by atoms with Crippen LogP contribution in [-0.2, 0) is 11.3 Å². The van der Waals surface area contributed by atoms with Crippen LogP contribution in [0.4, 0.5) is 0 Å². The maximum absolute atomic E-state index is 12.5. The minimum absolute atomic E-state index is 0.205. The first-order valence-corrected chi connectivity index (χ1v) is 9.06. The number of hydrogen-bond acceptors (Lipinski definition) is 4. The van der Waals surface area contributed by atoms with Crippen molar-refractivity contribution in [2.24, 2.45) is 5.92 Å². The minimum atomic E-state index is -0.297. The standard InChI is InChI=1S/C19H29N3O2/c1-16-7-8-21(14-18(16)23)15-19(24)22-11-9-20(10-12-22)13-17-5-3-2-4-6-17/h2-6,16,18,23H,7-15H2,1H3. The second kappa shape index (κ2) is 8.10. The fraction of sp³-hybridized carbons (Fsp3) is 0.632. The van der Waals surface area contributed by atoms with Crippen molar-refractivity contribution >= 4 is 5.91 Å². The zero-order valence-electron chi connectivity index (χ0n) is 14.6. The van der Waals surface area contributed by atoms with Gasteiger partial charge in [-0.15, -0.1) is 0 Å². The second-order valence-electron chi connectivity index (χ2n) is 7.21. The molecule has 3 rings (SSSR count). The molecule has 1 N–H and O–H groups in total. The molecule has 132 valence electrons. The largest absolute Gasteiger partial charge is 0.392 e. The number of aliphatic hydroxyl groups is 1. The van der Waals surface area contributed by atoms with Gasteiger partial charge in [0.05, 0.1) is 12.6 Å². The molecule has 0 bridgehead atoms. The third kappa shape index (κ3) is 4.56. The van der Waals surface area contributed by atoms with Gasteiger partial charge < -0.3 is 10.0 Å². The van der Waals surface area contributed by atoms with Gasteiger partial charge in [-0.1, -0.05) is 37.3 Å². The SMILES string of the molecule is CC1CCN(CC(=O)N2CCN(Cc3ccccc3)CC2)CC1O. The fourth-order valence-electron chi connectivity index (χ4n) is 3.55. The normalized spacial score (nSPS) is 26.5. The molecule has 1 amide bonds. The highest BCUT2D eigenvalue weighted by atomic mass is 16.3. The number of benzene rings is 1. The van der Waals surface area contributed by atoms with Crippen LogP contribution in [0.5, 0.6) is 0 Å². The summed E-state index contributed by atoms with van der Waals surface area (Å²) in [6.07, 6.45) is 0.675. The monoisotopic (exact) mass is 331 g/mol. The Morgan fingerprint density at radius 1 is 1.08 bits per heavy atom. The summed E-state index contributed by atoms with van der Waals surface area (Å²) in [5.41, 5.74) is 1.33. The van der Waals surface area contributed by atoms with Crippen molar-refractivity contribution in [3.63, 3.8) is 0 Å². The highest BCUT2D eigenvalue weighted by molar-refractivity contribution is 5.78. The smallest absolute Gasteiger partial charge is 0.236 e. The van der Waals surface area contributed by atoms with Crippen LogP contribution in [0.2, 0.25) is 0 Å². The van der Waals surface area contributed by atoms with Gasteiger partial charge >= 0.3 is 0 Å². The molecule has 1 aromatic rings. The molecule has 2 heterocycles. The molecule has 0 aromatic heterocycles. The molecular weight excluding hydrogens is 302 g/mol. The van der Waals surface area contributed by atoms with Gasteiger partial charge in [-0.05, 0) is 24.4 Å². The highest BCUT2D eigenvalue weighted by Crippen LogP contribution is 2.17. The molecular formula is C19H29N3O2. The quantitative estimate of drug-likeness (QED) is 0.895. The van der Waals surface area contributed by atoms with Gasteiger partial charge in [0.15, 0.2) is 0 Å². The molecule has 0 spiro atoms. The number of amides is 1. The predicted octanol–water partition coefficient (Wildman–Crippen LogP) is 1.03. The Kier molecular flexibility index (Phi) is 5.87. The Labute approximate surface area is 144 Å². The van der Waals surface area contributed by atoms with Crippen LogP contribution < -0.4 is 0 Å².